The van der Waals surface area contributed by atoms with Crippen molar-refractivity contribution in [1.82, 2.24) is 4.98 Å². The Kier molecular flexibility index (Phi) is 4.01. The molecule has 1 aromatic rings. The van der Waals surface area contributed by atoms with Crippen LogP contribution in [0.4, 0.5) is 5.13 Å². The SMILES string of the molecule is CCCNc1ncc(C2CCCCC2)s1. The van der Waals surface area contributed by atoms with E-state index in [-0.39, 0.29) is 0 Å². The van der Waals surface area contributed by atoms with Crippen LogP contribution in [-0.4, -0.2) is 11.5 Å². The third kappa shape index (κ3) is 2.94. The minimum atomic E-state index is 0.799. The lowest BCUT2D eigenvalue weighted by Gasteiger charge is -2.19. The lowest BCUT2D eigenvalue weighted by molar-refractivity contribution is 0.448. The molecule has 84 valence electrons. The first-order valence-corrected chi connectivity index (χ1v) is 6.91. The first-order valence-electron chi connectivity index (χ1n) is 6.09. The summed E-state index contributed by atoms with van der Waals surface area (Å²) in [6, 6.07) is 0. The fourth-order valence-corrected chi connectivity index (χ4v) is 3.19. The Labute approximate surface area is 96.1 Å². The van der Waals surface area contributed by atoms with Gasteiger partial charge in [-0.15, -0.1) is 11.3 Å². The maximum Gasteiger partial charge on any atom is 0.182 e. The van der Waals surface area contributed by atoms with E-state index < -0.39 is 0 Å². The van der Waals surface area contributed by atoms with Crippen LogP contribution >= 0.6 is 11.3 Å². The standard InChI is InChI=1S/C12H20N2S/c1-2-8-13-12-14-9-11(15-12)10-6-4-3-5-7-10/h9-10H,2-8H2,1H3,(H,13,14). The van der Waals surface area contributed by atoms with Crippen LogP contribution in [0.1, 0.15) is 56.2 Å². The van der Waals surface area contributed by atoms with Crippen molar-refractivity contribution in [2.45, 2.75) is 51.4 Å². The molecular formula is C12H20N2S. The molecule has 1 heterocycles. The lowest BCUT2D eigenvalue weighted by atomic mass is 9.89. The Balaban J connectivity index is 1.93. The quantitative estimate of drug-likeness (QED) is 0.835. The number of thiazole rings is 1. The molecule has 0 radical (unpaired) electrons. The van der Waals surface area contributed by atoms with Gasteiger partial charge in [-0.05, 0) is 25.2 Å². The van der Waals surface area contributed by atoms with Gasteiger partial charge >= 0.3 is 0 Å². The summed E-state index contributed by atoms with van der Waals surface area (Å²) in [6.45, 7) is 3.22. The smallest absolute Gasteiger partial charge is 0.182 e. The van der Waals surface area contributed by atoms with E-state index in [0.29, 0.717) is 0 Å². The van der Waals surface area contributed by atoms with Crippen LogP contribution in [0.25, 0.3) is 0 Å². The summed E-state index contributed by atoms with van der Waals surface area (Å²) in [5.74, 6) is 0.799. The molecular weight excluding hydrogens is 204 g/mol. The number of hydrogen-bond acceptors (Lipinski definition) is 3. The van der Waals surface area contributed by atoms with Crippen molar-refractivity contribution < 1.29 is 0 Å². The molecule has 1 aromatic heterocycles. The van der Waals surface area contributed by atoms with E-state index in [1.54, 1.807) is 0 Å². The summed E-state index contributed by atoms with van der Waals surface area (Å²) in [6.07, 6.45) is 10.2. The molecule has 1 aliphatic rings. The van der Waals surface area contributed by atoms with Crippen LogP contribution in [0.15, 0.2) is 6.20 Å². The van der Waals surface area contributed by atoms with E-state index in [4.69, 9.17) is 0 Å². The molecule has 2 nitrogen and oxygen atoms in total. The summed E-state index contributed by atoms with van der Waals surface area (Å²) in [5.41, 5.74) is 0. The highest BCUT2D eigenvalue weighted by molar-refractivity contribution is 7.15. The molecule has 1 aliphatic carbocycles. The Bertz CT molecular complexity index is 290. The van der Waals surface area contributed by atoms with Gasteiger partial charge in [0, 0.05) is 17.6 Å². The molecule has 2 rings (SSSR count). The summed E-state index contributed by atoms with van der Waals surface area (Å²) < 4.78 is 0. The Hall–Kier alpha value is -0.570. The molecule has 15 heavy (non-hydrogen) atoms. The third-order valence-electron chi connectivity index (χ3n) is 3.06. The highest BCUT2D eigenvalue weighted by atomic mass is 32.1. The Morgan fingerprint density at radius 2 is 2.20 bits per heavy atom. The van der Waals surface area contributed by atoms with Gasteiger partial charge < -0.3 is 5.32 Å². The van der Waals surface area contributed by atoms with Gasteiger partial charge in [0.05, 0.1) is 0 Å². The van der Waals surface area contributed by atoms with E-state index in [1.807, 2.05) is 11.3 Å². The predicted octanol–water partition coefficient (Wildman–Crippen LogP) is 4.01. The fraction of sp³-hybridized carbons (Fsp3) is 0.750. The zero-order valence-electron chi connectivity index (χ0n) is 9.46. The Morgan fingerprint density at radius 3 is 2.93 bits per heavy atom. The second-order valence-electron chi connectivity index (χ2n) is 4.33. The molecule has 1 fully saturated rings. The number of nitrogens with zero attached hydrogens (tertiary/aromatic N) is 1. The summed E-state index contributed by atoms with van der Waals surface area (Å²) in [5, 5.41) is 4.47. The number of aromatic nitrogens is 1. The topological polar surface area (TPSA) is 24.9 Å². The first kappa shape index (κ1) is 10.9. The van der Waals surface area contributed by atoms with Gasteiger partial charge in [0.15, 0.2) is 5.13 Å². The molecule has 0 spiro atoms. The Morgan fingerprint density at radius 1 is 1.40 bits per heavy atom. The second kappa shape index (κ2) is 5.50. The number of rotatable bonds is 4. The number of hydrogen-bond donors (Lipinski definition) is 1. The summed E-state index contributed by atoms with van der Waals surface area (Å²) in [7, 11) is 0. The largest absolute Gasteiger partial charge is 0.362 e. The second-order valence-corrected chi connectivity index (χ2v) is 5.39. The highest BCUT2D eigenvalue weighted by Crippen LogP contribution is 2.36. The third-order valence-corrected chi connectivity index (χ3v) is 4.17. The van der Waals surface area contributed by atoms with Crippen LogP contribution < -0.4 is 5.32 Å². The number of anilines is 1. The van der Waals surface area contributed by atoms with Crippen LogP contribution in [0, 0.1) is 0 Å². The maximum absolute atomic E-state index is 4.44. The normalized spacial score (nSPS) is 17.9. The predicted molar refractivity (Wildman–Crippen MR) is 66.7 cm³/mol. The molecule has 1 N–H and O–H groups in total. The zero-order chi connectivity index (χ0) is 10.5. The van der Waals surface area contributed by atoms with Crippen molar-refractivity contribution in [3.05, 3.63) is 11.1 Å². The number of nitrogens with one attached hydrogen (secondary N) is 1. The average molecular weight is 224 g/mol. The monoisotopic (exact) mass is 224 g/mol. The zero-order valence-corrected chi connectivity index (χ0v) is 10.3. The van der Waals surface area contributed by atoms with Gasteiger partial charge in [-0.3, -0.25) is 0 Å². The summed E-state index contributed by atoms with van der Waals surface area (Å²) in [4.78, 5) is 5.93. The van der Waals surface area contributed by atoms with Gasteiger partial charge in [-0.2, -0.15) is 0 Å². The van der Waals surface area contributed by atoms with E-state index >= 15 is 0 Å². The van der Waals surface area contributed by atoms with E-state index in [2.05, 4.69) is 23.4 Å². The van der Waals surface area contributed by atoms with Crippen LogP contribution in [-0.2, 0) is 0 Å². The van der Waals surface area contributed by atoms with Gasteiger partial charge in [0.1, 0.15) is 0 Å². The first-order chi connectivity index (χ1) is 7.40. The van der Waals surface area contributed by atoms with Crippen molar-refractivity contribution in [3.63, 3.8) is 0 Å². The van der Waals surface area contributed by atoms with Gasteiger partial charge in [-0.25, -0.2) is 4.98 Å². The maximum atomic E-state index is 4.44. The minimum Gasteiger partial charge on any atom is -0.362 e. The van der Waals surface area contributed by atoms with Crippen LogP contribution in [0.2, 0.25) is 0 Å². The van der Waals surface area contributed by atoms with E-state index in [0.717, 1.165) is 17.6 Å². The van der Waals surface area contributed by atoms with Crippen molar-refractivity contribution in [3.8, 4) is 0 Å². The van der Waals surface area contributed by atoms with Gasteiger partial charge in [0.25, 0.3) is 0 Å². The van der Waals surface area contributed by atoms with Crippen LogP contribution in [0.5, 0.6) is 0 Å². The fourth-order valence-electron chi connectivity index (χ4n) is 2.18. The van der Waals surface area contributed by atoms with E-state index in [1.165, 1.54) is 43.4 Å². The molecule has 1 saturated carbocycles. The van der Waals surface area contributed by atoms with Crippen molar-refractivity contribution >= 4 is 16.5 Å². The molecule has 3 heteroatoms. The average Bonchev–Trinajstić information content (AvgIpc) is 2.76. The molecule has 0 bridgehead atoms. The van der Waals surface area contributed by atoms with Crippen LogP contribution in [0.3, 0.4) is 0 Å². The molecule has 0 atom stereocenters. The highest BCUT2D eigenvalue weighted by Gasteiger charge is 2.17. The van der Waals surface area contributed by atoms with Crippen molar-refractivity contribution in [1.29, 1.82) is 0 Å². The molecule has 0 unspecified atom stereocenters. The molecule has 0 aliphatic heterocycles. The minimum absolute atomic E-state index is 0.799. The molecule has 0 saturated heterocycles. The van der Waals surface area contributed by atoms with Crippen molar-refractivity contribution in [2.24, 2.45) is 0 Å². The summed E-state index contributed by atoms with van der Waals surface area (Å²) >= 11 is 1.86. The lowest BCUT2D eigenvalue weighted by Crippen LogP contribution is -2.02. The molecule has 0 amide bonds. The van der Waals surface area contributed by atoms with E-state index in [9.17, 15) is 0 Å². The van der Waals surface area contributed by atoms with Gasteiger partial charge in [-0.1, -0.05) is 26.2 Å². The van der Waals surface area contributed by atoms with Crippen molar-refractivity contribution in [2.75, 3.05) is 11.9 Å². The molecule has 0 aromatic carbocycles. The van der Waals surface area contributed by atoms with Gasteiger partial charge in [0.2, 0.25) is 0 Å².